The minimum atomic E-state index is -0.650. The van der Waals surface area contributed by atoms with Crippen LogP contribution in [-0.2, 0) is 9.63 Å². The fraction of sp³-hybridized carbons (Fsp3) is 0.529. The van der Waals surface area contributed by atoms with Crippen LogP contribution < -0.4 is 5.32 Å². The smallest absolute Gasteiger partial charge is 0.270 e. The maximum atomic E-state index is 12.4. The molecule has 0 spiro atoms. The van der Waals surface area contributed by atoms with Gasteiger partial charge in [0.1, 0.15) is 0 Å². The van der Waals surface area contributed by atoms with E-state index in [2.05, 4.69) is 10.5 Å². The molecule has 24 heavy (non-hydrogen) atoms. The summed E-state index contributed by atoms with van der Waals surface area (Å²) in [6.07, 6.45) is 6.45. The number of carbonyl (C=O) groups is 1. The van der Waals surface area contributed by atoms with Crippen molar-refractivity contribution in [3.8, 4) is 0 Å². The lowest BCUT2D eigenvalue weighted by atomic mass is 10.0. The highest BCUT2D eigenvalue weighted by Gasteiger charge is 2.30. The van der Waals surface area contributed by atoms with Crippen LogP contribution in [0.4, 0.5) is 5.69 Å². The van der Waals surface area contributed by atoms with Gasteiger partial charge in [-0.15, -0.1) is 0 Å². The van der Waals surface area contributed by atoms with Crippen molar-refractivity contribution in [2.75, 3.05) is 0 Å². The summed E-state index contributed by atoms with van der Waals surface area (Å²) < 4.78 is 0. The number of hydrogen-bond donors (Lipinski definition) is 1. The Morgan fingerprint density at radius 2 is 2.00 bits per heavy atom. The van der Waals surface area contributed by atoms with Crippen molar-refractivity contribution in [1.29, 1.82) is 0 Å². The topological polar surface area (TPSA) is 93.8 Å². The number of oxime groups is 1. The Balaban J connectivity index is 1.58. The normalized spacial score (nSPS) is 21.5. The number of non-ortho nitro benzene ring substituents is 1. The molecule has 1 heterocycles. The van der Waals surface area contributed by atoms with Crippen LogP contribution in [0, 0.1) is 10.1 Å². The van der Waals surface area contributed by atoms with Crippen molar-refractivity contribution in [3.05, 3.63) is 39.9 Å². The minimum Gasteiger partial charge on any atom is -0.382 e. The Labute approximate surface area is 140 Å². The van der Waals surface area contributed by atoms with E-state index >= 15 is 0 Å². The van der Waals surface area contributed by atoms with E-state index < -0.39 is 11.0 Å². The minimum absolute atomic E-state index is 0.00144. The van der Waals surface area contributed by atoms with Crippen molar-refractivity contribution in [2.24, 2.45) is 5.16 Å². The lowest BCUT2D eigenvalue weighted by Gasteiger charge is -2.18. The highest BCUT2D eigenvalue weighted by Crippen LogP contribution is 2.22. The quantitative estimate of drug-likeness (QED) is 0.521. The summed E-state index contributed by atoms with van der Waals surface area (Å²) in [5.41, 5.74) is 1.19. The predicted octanol–water partition coefficient (Wildman–Crippen LogP) is 2.93. The lowest BCUT2D eigenvalue weighted by Crippen LogP contribution is -2.41. The van der Waals surface area contributed by atoms with Crippen LogP contribution >= 0.6 is 0 Å². The molecule has 0 saturated heterocycles. The van der Waals surface area contributed by atoms with E-state index in [0.29, 0.717) is 17.7 Å². The average Bonchev–Trinajstić information content (AvgIpc) is 2.95. The molecule has 7 heteroatoms. The van der Waals surface area contributed by atoms with Crippen molar-refractivity contribution in [2.45, 2.75) is 57.1 Å². The molecule has 2 aliphatic rings. The number of nitro groups is 1. The predicted molar refractivity (Wildman–Crippen MR) is 88.8 cm³/mol. The fourth-order valence-corrected chi connectivity index (χ4v) is 3.21. The van der Waals surface area contributed by atoms with Gasteiger partial charge in [0.2, 0.25) is 6.10 Å². The Bertz CT molecular complexity index is 651. The van der Waals surface area contributed by atoms with E-state index in [4.69, 9.17) is 4.84 Å². The van der Waals surface area contributed by atoms with Gasteiger partial charge in [0, 0.05) is 30.2 Å². The van der Waals surface area contributed by atoms with Crippen molar-refractivity contribution in [1.82, 2.24) is 5.32 Å². The molecule has 3 rings (SSSR count). The van der Waals surface area contributed by atoms with E-state index in [1.807, 2.05) is 0 Å². The molecule has 0 radical (unpaired) electrons. The third-order valence-corrected chi connectivity index (χ3v) is 4.55. The molecule has 128 valence electrons. The Morgan fingerprint density at radius 3 is 2.71 bits per heavy atom. The molecule has 7 nitrogen and oxygen atoms in total. The zero-order valence-corrected chi connectivity index (χ0v) is 13.4. The third kappa shape index (κ3) is 3.90. The second-order valence-corrected chi connectivity index (χ2v) is 6.34. The standard InChI is InChI=1S/C17H21N3O4/c21-17(18-13-7-3-1-2-4-8-13)16-11-15(19-24-16)12-6-5-9-14(10-12)20(22)23/h5-6,9-10,13,16H,1-4,7-8,11H2,(H,18,21). The number of hydrogen-bond acceptors (Lipinski definition) is 5. The average molecular weight is 331 g/mol. The van der Waals surface area contributed by atoms with Crippen LogP contribution in [0.15, 0.2) is 29.4 Å². The molecule has 1 saturated carbocycles. The zero-order chi connectivity index (χ0) is 16.9. The van der Waals surface area contributed by atoms with Gasteiger partial charge in [-0.05, 0) is 12.8 Å². The first kappa shape index (κ1) is 16.4. The van der Waals surface area contributed by atoms with Crippen LogP contribution in [0.1, 0.15) is 50.5 Å². The summed E-state index contributed by atoms with van der Waals surface area (Å²) >= 11 is 0. The first-order valence-electron chi connectivity index (χ1n) is 8.41. The first-order chi connectivity index (χ1) is 11.6. The zero-order valence-electron chi connectivity index (χ0n) is 13.4. The molecular formula is C17H21N3O4. The molecular weight excluding hydrogens is 310 g/mol. The number of amides is 1. The van der Waals surface area contributed by atoms with Crippen molar-refractivity contribution in [3.63, 3.8) is 0 Å². The van der Waals surface area contributed by atoms with E-state index in [-0.39, 0.29) is 17.6 Å². The number of benzene rings is 1. The first-order valence-corrected chi connectivity index (χ1v) is 8.41. The summed E-state index contributed by atoms with van der Waals surface area (Å²) in [4.78, 5) is 28.0. The van der Waals surface area contributed by atoms with Gasteiger partial charge in [0.05, 0.1) is 10.6 Å². The van der Waals surface area contributed by atoms with Crippen LogP contribution in [-0.4, -0.2) is 28.7 Å². The van der Waals surface area contributed by atoms with Crippen LogP contribution in [0.5, 0.6) is 0 Å². The van der Waals surface area contributed by atoms with Gasteiger partial charge < -0.3 is 10.2 Å². The van der Waals surface area contributed by atoms with Gasteiger partial charge in [-0.1, -0.05) is 43.0 Å². The summed E-state index contributed by atoms with van der Waals surface area (Å²) in [5.74, 6) is -0.147. The van der Waals surface area contributed by atoms with Gasteiger partial charge in [0.25, 0.3) is 11.6 Å². The highest BCUT2D eigenvalue weighted by atomic mass is 16.6. The fourth-order valence-electron chi connectivity index (χ4n) is 3.21. The SMILES string of the molecule is O=C(NC1CCCCCC1)C1CC(c2cccc([N+](=O)[O-])c2)=NO1. The summed E-state index contributed by atoms with van der Waals surface area (Å²) in [5, 5.41) is 17.9. The molecule has 1 amide bonds. The van der Waals surface area contributed by atoms with Gasteiger partial charge in [-0.2, -0.15) is 0 Å². The molecule has 1 aliphatic heterocycles. The maximum Gasteiger partial charge on any atom is 0.270 e. The van der Waals surface area contributed by atoms with E-state index in [0.717, 1.165) is 25.7 Å². The lowest BCUT2D eigenvalue weighted by molar-refractivity contribution is -0.384. The maximum absolute atomic E-state index is 12.4. The molecule has 0 aromatic heterocycles. The molecule has 1 unspecified atom stereocenters. The molecule has 0 bridgehead atoms. The second kappa shape index (κ2) is 7.42. The number of nitrogens with one attached hydrogen (secondary N) is 1. The molecule has 1 aromatic carbocycles. The summed E-state index contributed by atoms with van der Waals surface area (Å²) in [6, 6.07) is 6.44. The van der Waals surface area contributed by atoms with Crippen molar-refractivity contribution >= 4 is 17.3 Å². The molecule has 1 N–H and O–H groups in total. The Hall–Kier alpha value is -2.44. The summed E-state index contributed by atoms with van der Waals surface area (Å²) in [6.45, 7) is 0. The number of rotatable bonds is 4. The van der Waals surface area contributed by atoms with Gasteiger partial charge in [0.15, 0.2) is 0 Å². The third-order valence-electron chi connectivity index (χ3n) is 4.55. The molecule has 1 aromatic rings. The largest absolute Gasteiger partial charge is 0.382 e. The highest BCUT2D eigenvalue weighted by molar-refractivity contribution is 6.04. The summed E-state index contributed by atoms with van der Waals surface area (Å²) in [7, 11) is 0. The van der Waals surface area contributed by atoms with E-state index in [1.165, 1.54) is 25.0 Å². The molecule has 1 aliphatic carbocycles. The van der Waals surface area contributed by atoms with Gasteiger partial charge in [-0.25, -0.2) is 0 Å². The second-order valence-electron chi connectivity index (χ2n) is 6.34. The number of nitrogens with zero attached hydrogens (tertiary/aromatic N) is 2. The van der Waals surface area contributed by atoms with Gasteiger partial charge >= 0.3 is 0 Å². The Kier molecular flexibility index (Phi) is 5.08. The van der Waals surface area contributed by atoms with Gasteiger partial charge in [-0.3, -0.25) is 14.9 Å². The van der Waals surface area contributed by atoms with Crippen LogP contribution in [0.2, 0.25) is 0 Å². The monoisotopic (exact) mass is 331 g/mol. The number of carbonyl (C=O) groups excluding carboxylic acids is 1. The van der Waals surface area contributed by atoms with Crippen LogP contribution in [0.3, 0.4) is 0 Å². The molecule has 1 fully saturated rings. The van der Waals surface area contributed by atoms with Crippen LogP contribution in [0.25, 0.3) is 0 Å². The number of nitro benzene ring substituents is 1. The van der Waals surface area contributed by atoms with E-state index in [9.17, 15) is 14.9 Å². The Morgan fingerprint density at radius 1 is 1.25 bits per heavy atom. The molecule has 1 atom stereocenters. The van der Waals surface area contributed by atoms with Crippen molar-refractivity contribution < 1.29 is 14.6 Å². The van der Waals surface area contributed by atoms with E-state index in [1.54, 1.807) is 12.1 Å².